The Hall–Kier alpha value is -3.32. The molecule has 0 aromatic heterocycles. The molecule has 4 aromatic carbocycles. The van der Waals surface area contributed by atoms with Crippen molar-refractivity contribution in [2.24, 2.45) is 0 Å². The standard InChI is InChI=1S/C13H10O.C7H5BrO.C6H7BO2.CH4/c14-10-11-6-8-13(9-7-11)12-4-2-1-3-5-12;8-7-3-1-6(5-9)2-4-7;8-7(9)6-4-2-1-3-5-6;/h1-10H;1-5H;1-5,8-9H;1H4. The minimum atomic E-state index is -1.34. The lowest BCUT2D eigenvalue weighted by molar-refractivity contribution is 0.111. The van der Waals surface area contributed by atoms with Crippen LogP contribution in [0.1, 0.15) is 28.1 Å². The van der Waals surface area contributed by atoms with Gasteiger partial charge in [0.2, 0.25) is 0 Å². The van der Waals surface area contributed by atoms with Crippen molar-refractivity contribution in [2.75, 3.05) is 0 Å². The molecule has 0 atom stereocenters. The van der Waals surface area contributed by atoms with Gasteiger partial charge in [0.1, 0.15) is 12.6 Å². The molecule has 33 heavy (non-hydrogen) atoms. The topological polar surface area (TPSA) is 74.6 Å². The molecule has 0 amide bonds. The fourth-order valence-corrected chi connectivity index (χ4v) is 2.82. The van der Waals surface area contributed by atoms with Crippen molar-refractivity contribution in [1.82, 2.24) is 0 Å². The van der Waals surface area contributed by atoms with Crippen molar-refractivity contribution in [3.05, 3.63) is 125 Å². The van der Waals surface area contributed by atoms with Crippen LogP contribution in [0.2, 0.25) is 0 Å². The van der Waals surface area contributed by atoms with Gasteiger partial charge < -0.3 is 10.0 Å². The van der Waals surface area contributed by atoms with E-state index in [1.807, 2.05) is 60.7 Å². The third kappa shape index (κ3) is 10.2. The highest BCUT2D eigenvalue weighted by molar-refractivity contribution is 9.10. The van der Waals surface area contributed by atoms with Crippen LogP contribution in [-0.4, -0.2) is 29.7 Å². The number of hydrogen-bond donors (Lipinski definition) is 2. The summed E-state index contributed by atoms with van der Waals surface area (Å²) in [6.07, 6.45) is 1.68. The number of rotatable bonds is 4. The van der Waals surface area contributed by atoms with Gasteiger partial charge in [0.25, 0.3) is 0 Å². The SMILES string of the molecule is C.O=Cc1ccc(-c2ccccc2)cc1.O=Cc1ccc(Br)cc1.OB(O)c1ccccc1. The van der Waals surface area contributed by atoms with Crippen LogP contribution in [0.15, 0.2) is 114 Å². The third-order valence-electron chi connectivity index (χ3n) is 4.26. The number of benzene rings is 4. The highest BCUT2D eigenvalue weighted by Crippen LogP contribution is 2.18. The number of aldehydes is 2. The highest BCUT2D eigenvalue weighted by Gasteiger charge is 2.07. The summed E-state index contributed by atoms with van der Waals surface area (Å²) in [5.41, 5.74) is 4.25. The Labute approximate surface area is 203 Å². The molecule has 0 saturated heterocycles. The first-order valence-corrected chi connectivity index (χ1v) is 10.5. The Morgan fingerprint density at radius 3 is 1.36 bits per heavy atom. The average molecular weight is 505 g/mol. The van der Waals surface area contributed by atoms with E-state index in [-0.39, 0.29) is 7.43 Å². The molecule has 4 rings (SSSR count). The fourth-order valence-electron chi connectivity index (χ4n) is 2.55. The number of carbonyl (C=O) groups is 2. The Bertz CT molecular complexity index is 1070. The molecule has 0 spiro atoms. The molecule has 2 N–H and O–H groups in total. The van der Waals surface area contributed by atoms with Crippen LogP contribution < -0.4 is 5.46 Å². The zero-order valence-corrected chi connectivity index (χ0v) is 18.8. The summed E-state index contributed by atoms with van der Waals surface area (Å²) < 4.78 is 0.994. The molecule has 168 valence electrons. The molecule has 0 saturated carbocycles. The molecule has 0 bridgehead atoms. The second kappa shape index (κ2) is 15.5. The lowest BCUT2D eigenvalue weighted by atomic mass is 9.81. The second-order valence-corrected chi connectivity index (χ2v) is 7.48. The molecule has 6 heteroatoms. The Morgan fingerprint density at radius 2 is 0.970 bits per heavy atom. The lowest BCUT2D eigenvalue weighted by Gasteiger charge is -2.00. The van der Waals surface area contributed by atoms with Crippen LogP contribution in [0, 0.1) is 0 Å². The molecular weight excluding hydrogens is 479 g/mol. The maximum atomic E-state index is 10.5. The summed E-state index contributed by atoms with van der Waals surface area (Å²) in [6.45, 7) is 0. The van der Waals surface area contributed by atoms with E-state index in [1.54, 1.807) is 36.4 Å². The summed E-state index contributed by atoms with van der Waals surface area (Å²) >= 11 is 3.26. The molecule has 0 aliphatic heterocycles. The maximum Gasteiger partial charge on any atom is 0.488 e. The summed E-state index contributed by atoms with van der Waals surface area (Å²) in [5, 5.41) is 17.2. The van der Waals surface area contributed by atoms with E-state index in [0.717, 1.165) is 22.6 Å². The molecule has 4 aromatic rings. The van der Waals surface area contributed by atoms with Gasteiger partial charge in [0, 0.05) is 15.6 Å². The number of halogens is 1. The van der Waals surface area contributed by atoms with Crippen LogP contribution in [0.5, 0.6) is 0 Å². The molecule has 0 unspecified atom stereocenters. The van der Waals surface area contributed by atoms with Gasteiger partial charge in [-0.2, -0.15) is 0 Å². The summed E-state index contributed by atoms with van der Waals surface area (Å²) in [7, 11) is -1.34. The van der Waals surface area contributed by atoms with Crippen molar-refractivity contribution >= 4 is 41.1 Å². The highest BCUT2D eigenvalue weighted by atomic mass is 79.9. The number of hydrogen-bond acceptors (Lipinski definition) is 4. The Balaban J connectivity index is 0.000000254. The van der Waals surface area contributed by atoms with Gasteiger partial charge in [-0.05, 0) is 28.7 Å². The normalized spacial score (nSPS) is 9.06. The van der Waals surface area contributed by atoms with Crippen LogP contribution in [0.3, 0.4) is 0 Å². The number of carbonyl (C=O) groups excluding carboxylic acids is 2. The first-order chi connectivity index (χ1) is 15.5. The molecule has 0 fully saturated rings. The van der Waals surface area contributed by atoms with Crippen molar-refractivity contribution in [3.63, 3.8) is 0 Å². The summed E-state index contributed by atoms with van der Waals surface area (Å²) in [5.74, 6) is 0. The van der Waals surface area contributed by atoms with Crippen molar-refractivity contribution < 1.29 is 19.6 Å². The van der Waals surface area contributed by atoms with Crippen LogP contribution in [0.25, 0.3) is 11.1 Å². The third-order valence-corrected chi connectivity index (χ3v) is 4.79. The molecule has 0 aliphatic rings. The molecule has 0 radical (unpaired) electrons. The fraction of sp³-hybridized carbons (Fsp3) is 0.0370. The van der Waals surface area contributed by atoms with Gasteiger partial charge in [-0.15, -0.1) is 0 Å². The van der Waals surface area contributed by atoms with Crippen LogP contribution in [-0.2, 0) is 0 Å². The lowest BCUT2D eigenvalue weighted by Crippen LogP contribution is -2.29. The van der Waals surface area contributed by atoms with Crippen molar-refractivity contribution in [1.29, 1.82) is 0 Å². The predicted octanol–water partition coefficient (Wildman–Crippen LogP) is 5.43. The molecule has 4 nitrogen and oxygen atoms in total. The van der Waals surface area contributed by atoms with Gasteiger partial charge in [-0.1, -0.05) is 120 Å². The van der Waals surface area contributed by atoms with Gasteiger partial charge in [-0.3, -0.25) is 9.59 Å². The zero-order valence-electron chi connectivity index (χ0n) is 17.2. The smallest absolute Gasteiger partial charge is 0.423 e. The largest absolute Gasteiger partial charge is 0.488 e. The van der Waals surface area contributed by atoms with Gasteiger partial charge in [0.05, 0.1) is 0 Å². The van der Waals surface area contributed by atoms with Gasteiger partial charge in [0.15, 0.2) is 0 Å². The zero-order chi connectivity index (χ0) is 23.2. The molecular formula is C27H26BBrO4. The molecule has 0 heterocycles. The van der Waals surface area contributed by atoms with Crippen LogP contribution >= 0.6 is 15.9 Å². The Morgan fingerprint density at radius 1 is 0.576 bits per heavy atom. The maximum absolute atomic E-state index is 10.5. The van der Waals surface area contributed by atoms with E-state index in [2.05, 4.69) is 28.1 Å². The Kier molecular flexibility index (Phi) is 13.0. The van der Waals surface area contributed by atoms with E-state index in [0.29, 0.717) is 16.6 Å². The predicted molar refractivity (Wildman–Crippen MR) is 140 cm³/mol. The minimum absolute atomic E-state index is 0. The van der Waals surface area contributed by atoms with Crippen LogP contribution in [0.4, 0.5) is 0 Å². The van der Waals surface area contributed by atoms with Crippen molar-refractivity contribution in [2.45, 2.75) is 7.43 Å². The van der Waals surface area contributed by atoms with Crippen molar-refractivity contribution in [3.8, 4) is 11.1 Å². The first kappa shape index (κ1) is 27.7. The monoisotopic (exact) mass is 504 g/mol. The van der Waals surface area contributed by atoms with Gasteiger partial charge >= 0.3 is 7.12 Å². The summed E-state index contributed by atoms with van der Waals surface area (Å²) in [4.78, 5) is 20.6. The van der Waals surface area contributed by atoms with E-state index < -0.39 is 7.12 Å². The first-order valence-electron chi connectivity index (χ1n) is 9.76. The minimum Gasteiger partial charge on any atom is -0.423 e. The van der Waals surface area contributed by atoms with E-state index >= 15 is 0 Å². The quantitative estimate of drug-likeness (QED) is 0.287. The van der Waals surface area contributed by atoms with Gasteiger partial charge in [-0.25, -0.2) is 0 Å². The van der Waals surface area contributed by atoms with E-state index in [4.69, 9.17) is 10.0 Å². The average Bonchev–Trinajstić information content (AvgIpc) is 2.86. The van der Waals surface area contributed by atoms with E-state index in [9.17, 15) is 9.59 Å². The summed E-state index contributed by atoms with van der Waals surface area (Å²) in [6, 6.07) is 33.5. The van der Waals surface area contributed by atoms with E-state index in [1.165, 1.54) is 5.56 Å². The molecule has 0 aliphatic carbocycles. The second-order valence-electron chi connectivity index (χ2n) is 6.56.